The zero-order chi connectivity index (χ0) is 17.6. The molecule has 0 saturated carbocycles. The quantitative estimate of drug-likeness (QED) is 0.910. The molecule has 0 unspecified atom stereocenters. The molecule has 5 nitrogen and oxygen atoms in total. The van der Waals surface area contributed by atoms with E-state index in [2.05, 4.69) is 41.2 Å². The predicted octanol–water partition coefficient (Wildman–Crippen LogP) is 2.97. The lowest BCUT2D eigenvalue weighted by molar-refractivity contribution is 0.0946. The van der Waals surface area contributed by atoms with Gasteiger partial charge in [0.05, 0.1) is 13.2 Å². The molecular weight excluding hydrogens is 314 g/mol. The van der Waals surface area contributed by atoms with E-state index in [9.17, 15) is 4.79 Å². The molecular formula is C20H25N3O2. The largest absolute Gasteiger partial charge is 0.378 e. The zero-order valence-electron chi connectivity index (χ0n) is 14.9. The van der Waals surface area contributed by atoms with Crippen LogP contribution in [-0.4, -0.2) is 37.2 Å². The summed E-state index contributed by atoms with van der Waals surface area (Å²) >= 11 is 0. The maximum Gasteiger partial charge on any atom is 0.270 e. The van der Waals surface area contributed by atoms with Crippen molar-refractivity contribution in [3.8, 4) is 0 Å². The number of morpholine rings is 1. The lowest BCUT2D eigenvalue weighted by Crippen LogP contribution is -2.36. The molecule has 0 radical (unpaired) electrons. The number of carbonyl (C=O) groups excluding carboxylic acids is 1. The highest BCUT2D eigenvalue weighted by Gasteiger charge is 2.12. The van der Waals surface area contributed by atoms with Gasteiger partial charge in [-0.15, -0.1) is 0 Å². The summed E-state index contributed by atoms with van der Waals surface area (Å²) in [5, 5.41) is 2.95. The second-order valence-electron chi connectivity index (χ2n) is 6.58. The molecule has 0 aliphatic carbocycles. The van der Waals surface area contributed by atoms with Gasteiger partial charge in [0.15, 0.2) is 0 Å². The third-order valence-electron chi connectivity index (χ3n) is 4.43. The van der Waals surface area contributed by atoms with Gasteiger partial charge in [0.2, 0.25) is 0 Å². The molecule has 25 heavy (non-hydrogen) atoms. The Morgan fingerprint density at radius 2 is 2.04 bits per heavy atom. The smallest absolute Gasteiger partial charge is 0.270 e. The first-order valence-electron chi connectivity index (χ1n) is 8.79. The maximum absolute atomic E-state index is 12.3. The van der Waals surface area contributed by atoms with Crippen LogP contribution in [0, 0.1) is 0 Å². The number of pyridine rings is 1. The van der Waals surface area contributed by atoms with Crippen LogP contribution in [0.15, 0.2) is 42.6 Å². The van der Waals surface area contributed by atoms with Crippen molar-refractivity contribution in [3.63, 3.8) is 0 Å². The molecule has 1 saturated heterocycles. The second-order valence-corrected chi connectivity index (χ2v) is 6.58. The number of hydrogen-bond donors (Lipinski definition) is 1. The highest BCUT2D eigenvalue weighted by molar-refractivity contribution is 5.92. The van der Waals surface area contributed by atoms with E-state index < -0.39 is 0 Å². The minimum Gasteiger partial charge on any atom is -0.378 e. The fourth-order valence-electron chi connectivity index (χ4n) is 2.84. The van der Waals surface area contributed by atoms with Gasteiger partial charge < -0.3 is 15.0 Å². The van der Waals surface area contributed by atoms with Crippen LogP contribution in [0.4, 0.5) is 5.69 Å². The molecule has 1 aromatic carbocycles. The van der Waals surface area contributed by atoms with Crippen LogP contribution in [0.2, 0.25) is 0 Å². The standard InChI is InChI=1S/C20H25N3O2/c1-15(2)17-6-7-19(21-14-17)20(24)22-13-16-4-3-5-18(12-16)23-8-10-25-11-9-23/h3-7,12,14-15H,8-11,13H2,1-2H3,(H,22,24). The van der Waals surface area contributed by atoms with E-state index in [-0.39, 0.29) is 5.91 Å². The molecule has 1 aromatic heterocycles. The summed E-state index contributed by atoms with van der Waals surface area (Å²) in [7, 11) is 0. The van der Waals surface area contributed by atoms with Crippen molar-refractivity contribution in [2.75, 3.05) is 31.2 Å². The third kappa shape index (κ3) is 4.57. The van der Waals surface area contributed by atoms with Gasteiger partial charge in [0.25, 0.3) is 5.91 Å². The Morgan fingerprint density at radius 3 is 2.72 bits per heavy atom. The number of hydrogen-bond acceptors (Lipinski definition) is 4. The van der Waals surface area contributed by atoms with Gasteiger partial charge in [-0.3, -0.25) is 9.78 Å². The van der Waals surface area contributed by atoms with Crippen LogP contribution in [0.5, 0.6) is 0 Å². The number of amides is 1. The second kappa shape index (κ2) is 8.12. The van der Waals surface area contributed by atoms with E-state index in [4.69, 9.17) is 4.74 Å². The van der Waals surface area contributed by atoms with Crippen LogP contribution in [0.3, 0.4) is 0 Å². The molecule has 0 spiro atoms. The van der Waals surface area contributed by atoms with Gasteiger partial charge in [0, 0.05) is 31.5 Å². The highest BCUT2D eigenvalue weighted by Crippen LogP contribution is 2.18. The van der Waals surface area contributed by atoms with Gasteiger partial charge in [0.1, 0.15) is 5.69 Å². The van der Waals surface area contributed by atoms with Crippen LogP contribution >= 0.6 is 0 Å². The highest BCUT2D eigenvalue weighted by atomic mass is 16.5. The summed E-state index contributed by atoms with van der Waals surface area (Å²) in [5.41, 5.74) is 3.84. The minimum atomic E-state index is -0.146. The summed E-state index contributed by atoms with van der Waals surface area (Å²) in [6.45, 7) is 8.04. The molecule has 1 aliphatic rings. The zero-order valence-corrected chi connectivity index (χ0v) is 14.9. The van der Waals surface area contributed by atoms with E-state index in [1.165, 1.54) is 5.69 Å². The van der Waals surface area contributed by atoms with Crippen LogP contribution < -0.4 is 10.2 Å². The fraction of sp³-hybridized carbons (Fsp3) is 0.400. The monoisotopic (exact) mass is 339 g/mol. The van der Waals surface area contributed by atoms with Crippen LogP contribution in [-0.2, 0) is 11.3 Å². The molecule has 1 N–H and O–H groups in total. The summed E-state index contributed by atoms with van der Waals surface area (Å²) in [6, 6.07) is 12.0. The first kappa shape index (κ1) is 17.4. The average Bonchev–Trinajstić information content (AvgIpc) is 2.67. The van der Waals surface area contributed by atoms with Gasteiger partial charge in [-0.1, -0.05) is 32.0 Å². The average molecular weight is 339 g/mol. The van der Waals surface area contributed by atoms with Crippen molar-refractivity contribution in [3.05, 3.63) is 59.4 Å². The minimum absolute atomic E-state index is 0.146. The van der Waals surface area contributed by atoms with Gasteiger partial charge in [-0.2, -0.15) is 0 Å². The molecule has 1 amide bonds. The van der Waals surface area contributed by atoms with E-state index >= 15 is 0 Å². The molecule has 3 rings (SSSR count). The topological polar surface area (TPSA) is 54.5 Å². The molecule has 132 valence electrons. The van der Waals surface area contributed by atoms with E-state index in [0.717, 1.165) is 37.4 Å². The van der Waals surface area contributed by atoms with E-state index in [1.54, 1.807) is 12.3 Å². The molecule has 0 atom stereocenters. The van der Waals surface area contributed by atoms with Gasteiger partial charge in [-0.25, -0.2) is 0 Å². The molecule has 1 fully saturated rings. The number of benzene rings is 1. The van der Waals surface area contributed by atoms with Gasteiger partial charge in [-0.05, 0) is 35.2 Å². The Hall–Kier alpha value is -2.40. The number of aromatic nitrogens is 1. The summed E-state index contributed by atoms with van der Waals surface area (Å²) in [4.78, 5) is 18.9. The Kier molecular flexibility index (Phi) is 5.66. The van der Waals surface area contributed by atoms with Crippen molar-refractivity contribution in [2.45, 2.75) is 26.3 Å². The summed E-state index contributed by atoms with van der Waals surface area (Å²) in [5.74, 6) is 0.264. The van der Waals surface area contributed by atoms with Crippen molar-refractivity contribution in [2.24, 2.45) is 0 Å². The molecule has 5 heteroatoms. The van der Waals surface area contributed by atoms with Crippen molar-refractivity contribution >= 4 is 11.6 Å². The molecule has 2 heterocycles. The fourth-order valence-corrected chi connectivity index (χ4v) is 2.84. The molecule has 0 bridgehead atoms. The third-order valence-corrected chi connectivity index (χ3v) is 4.43. The van der Waals surface area contributed by atoms with Crippen molar-refractivity contribution in [1.82, 2.24) is 10.3 Å². The first-order chi connectivity index (χ1) is 12.1. The van der Waals surface area contributed by atoms with E-state index in [0.29, 0.717) is 18.2 Å². The lowest BCUT2D eigenvalue weighted by Gasteiger charge is -2.29. The number of nitrogens with zero attached hydrogens (tertiary/aromatic N) is 2. The maximum atomic E-state index is 12.3. The Balaban J connectivity index is 1.60. The normalized spacial score (nSPS) is 14.6. The number of nitrogens with one attached hydrogen (secondary N) is 1. The molecule has 1 aliphatic heterocycles. The lowest BCUT2D eigenvalue weighted by atomic mass is 10.1. The SMILES string of the molecule is CC(C)c1ccc(C(=O)NCc2cccc(N3CCOCC3)c2)nc1. The first-order valence-corrected chi connectivity index (χ1v) is 8.79. The van der Waals surface area contributed by atoms with Crippen molar-refractivity contribution < 1.29 is 9.53 Å². The predicted molar refractivity (Wildman–Crippen MR) is 99.0 cm³/mol. The molecule has 2 aromatic rings. The summed E-state index contributed by atoms with van der Waals surface area (Å²) in [6.07, 6.45) is 1.78. The Bertz CT molecular complexity index is 707. The Labute approximate surface area is 149 Å². The van der Waals surface area contributed by atoms with E-state index in [1.807, 2.05) is 18.2 Å². The van der Waals surface area contributed by atoms with Crippen LogP contribution in [0.25, 0.3) is 0 Å². The number of ether oxygens (including phenoxy) is 1. The summed E-state index contributed by atoms with van der Waals surface area (Å²) < 4.78 is 5.40. The number of rotatable bonds is 5. The Morgan fingerprint density at radius 1 is 1.24 bits per heavy atom. The van der Waals surface area contributed by atoms with Gasteiger partial charge >= 0.3 is 0 Å². The number of carbonyl (C=O) groups is 1. The van der Waals surface area contributed by atoms with Crippen molar-refractivity contribution in [1.29, 1.82) is 0 Å². The van der Waals surface area contributed by atoms with Crippen LogP contribution in [0.1, 0.15) is 41.4 Å². The number of anilines is 1.